The summed E-state index contributed by atoms with van der Waals surface area (Å²) in [7, 11) is 0. The van der Waals surface area contributed by atoms with E-state index in [9.17, 15) is 0 Å². The normalized spacial score (nSPS) is 17.6. The molecule has 0 bridgehead atoms. The zero-order chi connectivity index (χ0) is 17.8. The Bertz CT molecular complexity index is 727. The Hall–Kier alpha value is -1.71. The molecule has 2 aliphatic rings. The molecule has 0 aromatic heterocycles. The summed E-state index contributed by atoms with van der Waals surface area (Å²) in [6.45, 7) is 7.98. The van der Waals surface area contributed by atoms with Crippen LogP contribution in [0.25, 0.3) is 0 Å². The molecular formula is C22H28ClN3. The fraction of sp³-hybridized carbons (Fsp3) is 0.455. The van der Waals surface area contributed by atoms with E-state index in [1.54, 1.807) is 0 Å². The number of anilines is 2. The van der Waals surface area contributed by atoms with Crippen molar-refractivity contribution in [1.29, 1.82) is 0 Å². The molecule has 0 aliphatic carbocycles. The molecule has 2 heterocycles. The van der Waals surface area contributed by atoms with Crippen LogP contribution in [-0.4, -0.2) is 44.2 Å². The Morgan fingerprint density at radius 3 is 2.15 bits per heavy atom. The lowest BCUT2D eigenvalue weighted by Gasteiger charge is -2.39. The standard InChI is InChI=1S/C22H28ClN3/c23-20-9-2-1-8-19(20)18-26-17-16-25(21-10-3-4-11-22(21)26)15-7-14-24-12-5-6-13-24/h1-4,8-11H,5-7,12-18H2. The highest BCUT2D eigenvalue weighted by Crippen LogP contribution is 2.34. The zero-order valence-corrected chi connectivity index (χ0v) is 16.2. The number of likely N-dealkylation sites (tertiary alicyclic amines) is 1. The van der Waals surface area contributed by atoms with Gasteiger partial charge in [0.05, 0.1) is 11.4 Å². The van der Waals surface area contributed by atoms with Gasteiger partial charge in [0.2, 0.25) is 0 Å². The van der Waals surface area contributed by atoms with E-state index in [-0.39, 0.29) is 0 Å². The first-order chi connectivity index (χ1) is 12.8. The minimum absolute atomic E-state index is 0.859. The van der Waals surface area contributed by atoms with E-state index in [1.807, 2.05) is 12.1 Å². The molecule has 1 fully saturated rings. The van der Waals surface area contributed by atoms with E-state index in [1.165, 1.54) is 55.8 Å². The second kappa shape index (κ2) is 8.32. The first kappa shape index (κ1) is 17.7. The molecule has 26 heavy (non-hydrogen) atoms. The number of fused-ring (bicyclic) bond motifs is 1. The predicted molar refractivity (Wildman–Crippen MR) is 111 cm³/mol. The Balaban J connectivity index is 1.43. The lowest BCUT2D eigenvalue weighted by atomic mass is 10.1. The molecule has 0 spiro atoms. The molecular weight excluding hydrogens is 342 g/mol. The van der Waals surface area contributed by atoms with Gasteiger partial charge in [0, 0.05) is 31.2 Å². The van der Waals surface area contributed by atoms with Crippen LogP contribution in [0.5, 0.6) is 0 Å². The van der Waals surface area contributed by atoms with Crippen LogP contribution in [0.15, 0.2) is 48.5 Å². The molecule has 0 saturated carbocycles. The molecule has 0 N–H and O–H groups in total. The summed E-state index contributed by atoms with van der Waals surface area (Å²) in [6, 6.07) is 17.0. The highest BCUT2D eigenvalue weighted by Gasteiger charge is 2.22. The monoisotopic (exact) mass is 369 g/mol. The van der Waals surface area contributed by atoms with E-state index in [2.05, 4.69) is 51.1 Å². The van der Waals surface area contributed by atoms with Gasteiger partial charge < -0.3 is 14.7 Å². The van der Waals surface area contributed by atoms with Gasteiger partial charge in [0.25, 0.3) is 0 Å². The Morgan fingerprint density at radius 1 is 0.731 bits per heavy atom. The second-order valence-electron chi connectivity index (χ2n) is 7.39. The van der Waals surface area contributed by atoms with Gasteiger partial charge in [-0.3, -0.25) is 0 Å². The highest BCUT2D eigenvalue weighted by molar-refractivity contribution is 6.31. The van der Waals surface area contributed by atoms with Crippen molar-refractivity contribution < 1.29 is 0 Å². The Kier molecular flexibility index (Phi) is 5.66. The van der Waals surface area contributed by atoms with Crippen molar-refractivity contribution in [2.24, 2.45) is 0 Å². The van der Waals surface area contributed by atoms with E-state index < -0.39 is 0 Å². The van der Waals surface area contributed by atoms with Crippen LogP contribution in [0.3, 0.4) is 0 Å². The molecule has 2 aliphatic heterocycles. The zero-order valence-electron chi connectivity index (χ0n) is 15.4. The Labute approximate surface area is 162 Å². The Morgan fingerprint density at radius 2 is 1.38 bits per heavy atom. The number of benzene rings is 2. The fourth-order valence-electron chi connectivity index (χ4n) is 4.20. The van der Waals surface area contributed by atoms with Gasteiger partial charge in [0.1, 0.15) is 0 Å². The fourth-order valence-corrected chi connectivity index (χ4v) is 4.40. The number of hydrogen-bond acceptors (Lipinski definition) is 3. The molecule has 0 amide bonds. The van der Waals surface area contributed by atoms with Crippen LogP contribution in [0.2, 0.25) is 5.02 Å². The van der Waals surface area contributed by atoms with Crippen molar-refractivity contribution in [1.82, 2.24) is 4.90 Å². The lowest BCUT2D eigenvalue weighted by molar-refractivity contribution is 0.334. The molecule has 0 atom stereocenters. The number of nitrogens with zero attached hydrogens (tertiary/aromatic N) is 3. The largest absolute Gasteiger partial charge is 0.368 e. The summed E-state index contributed by atoms with van der Waals surface area (Å²) < 4.78 is 0. The minimum Gasteiger partial charge on any atom is -0.368 e. The molecule has 1 saturated heterocycles. The van der Waals surface area contributed by atoms with Crippen molar-refractivity contribution in [2.45, 2.75) is 25.8 Å². The SMILES string of the molecule is Clc1ccccc1CN1CCN(CCCN2CCCC2)c2ccccc21. The maximum Gasteiger partial charge on any atom is 0.0607 e. The molecule has 2 aromatic carbocycles. The molecule has 2 aromatic rings. The van der Waals surface area contributed by atoms with Crippen LogP contribution in [-0.2, 0) is 6.54 Å². The van der Waals surface area contributed by atoms with Gasteiger partial charge in [-0.2, -0.15) is 0 Å². The summed E-state index contributed by atoms with van der Waals surface area (Å²) in [5, 5.41) is 0.859. The topological polar surface area (TPSA) is 9.72 Å². The van der Waals surface area contributed by atoms with Crippen LogP contribution < -0.4 is 9.80 Å². The molecule has 4 rings (SSSR count). The quantitative estimate of drug-likeness (QED) is 0.733. The smallest absolute Gasteiger partial charge is 0.0607 e. The third-order valence-corrected chi connectivity index (χ3v) is 5.99. The summed E-state index contributed by atoms with van der Waals surface area (Å²) in [5.41, 5.74) is 3.90. The van der Waals surface area contributed by atoms with Crippen molar-refractivity contribution in [3.05, 3.63) is 59.1 Å². The molecule has 138 valence electrons. The van der Waals surface area contributed by atoms with Crippen molar-refractivity contribution in [2.75, 3.05) is 49.1 Å². The van der Waals surface area contributed by atoms with Crippen molar-refractivity contribution >= 4 is 23.0 Å². The van der Waals surface area contributed by atoms with Gasteiger partial charge >= 0.3 is 0 Å². The molecule has 0 unspecified atom stereocenters. The summed E-state index contributed by atoms with van der Waals surface area (Å²) in [5.74, 6) is 0. The van der Waals surface area contributed by atoms with Gasteiger partial charge in [-0.05, 0) is 62.7 Å². The van der Waals surface area contributed by atoms with Gasteiger partial charge in [-0.25, -0.2) is 0 Å². The van der Waals surface area contributed by atoms with Gasteiger partial charge in [0.15, 0.2) is 0 Å². The highest BCUT2D eigenvalue weighted by atomic mass is 35.5. The number of hydrogen-bond donors (Lipinski definition) is 0. The third kappa shape index (κ3) is 3.99. The average Bonchev–Trinajstić information content (AvgIpc) is 3.18. The van der Waals surface area contributed by atoms with E-state index >= 15 is 0 Å². The molecule has 0 radical (unpaired) electrons. The van der Waals surface area contributed by atoms with Crippen molar-refractivity contribution in [3.8, 4) is 0 Å². The average molecular weight is 370 g/mol. The maximum absolute atomic E-state index is 6.39. The second-order valence-corrected chi connectivity index (χ2v) is 7.80. The molecule has 3 nitrogen and oxygen atoms in total. The first-order valence-corrected chi connectivity index (χ1v) is 10.2. The van der Waals surface area contributed by atoms with Gasteiger partial charge in [-0.1, -0.05) is 41.9 Å². The third-order valence-electron chi connectivity index (χ3n) is 5.62. The van der Waals surface area contributed by atoms with E-state index in [0.717, 1.165) is 31.2 Å². The van der Waals surface area contributed by atoms with E-state index in [0.29, 0.717) is 0 Å². The first-order valence-electron chi connectivity index (χ1n) is 9.86. The summed E-state index contributed by atoms with van der Waals surface area (Å²) in [6.07, 6.45) is 4.01. The van der Waals surface area contributed by atoms with Crippen LogP contribution in [0, 0.1) is 0 Å². The maximum atomic E-state index is 6.39. The number of para-hydroxylation sites is 2. The van der Waals surface area contributed by atoms with Crippen molar-refractivity contribution in [3.63, 3.8) is 0 Å². The number of rotatable bonds is 6. The summed E-state index contributed by atoms with van der Waals surface area (Å²) >= 11 is 6.39. The molecule has 4 heteroatoms. The number of halogens is 1. The van der Waals surface area contributed by atoms with Crippen LogP contribution >= 0.6 is 11.6 Å². The minimum atomic E-state index is 0.859. The van der Waals surface area contributed by atoms with Gasteiger partial charge in [-0.15, -0.1) is 0 Å². The van der Waals surface area contributed by atoms with E-state index in [4.69, 9.17) is 11.6 Å². The predicted octanol–water partition coefficient (Wildman–Crippen LogP) is 4.65. The van der Waals surface area contributed by atoms with Crippen LogP contribution in [0.1, 0.15) is 24.8 Å². The van der Waals surface area contributed by atoms with Crippen LogP contribution in [0.4, 0.5) is 11.4 Å². The lowest BCUT2D eigenvalue weighted by Crippen LogP contribution is -2.41. The summed E-state index contributed by atoms with van der Waals surface area (Å²) in [4.78, 5) is 7.64.